The molecule has 0 unspecified atom stereocenters. The van der Waals surface area contributed by atoms with Crippen molar-refractivity contribution in [2.75, 3.05) is 5.73 Å². The van der Waals surface area contributed by atoms with Crippen molar-refractivity contribution in [3.8, 4) is 0 Å². The molecule has 0 amide bonds. The van der Waals surface area contributed by atoms with Gasteiger partial charge in [0.1, 0.15) is 10.2 Å². The molecule has 0 radical (unpaired) electrons. The molecule has 0 spiro atoms. The summed E-state index contributed by atoms with van der Waals surface area (Å²) in [6.07, 6.45) is 0. The van der Waals surface area contributed by atoms with Gasteiger partial charge >= 0.3 is 0 Å². The molecule has 6 heteroatoms. The quantitative estimate of drug-likeness (QED) is 0.663. The molecule has 0 aliphatic carbocycles. The minimum absolute atomic E-state index is 0.0203. The van der Waals surface area contributed by atoms with Crippen LogP contribution in [0.25, 0.3) is 0 Å². The number of rotatable bonds is 2. The zero-order chi connectivity index (χ0) is 12.6. The predicted molar refractivity (Wildman–Crippen MR) is 71.3 cm³/mol. The number of ketones is 1. The van der Waals surface area contributed by atoms with E-state index in [1.165, 1.54) is 12.1 Å². The van der Waals surface area contributed by atoms with Crippen molar-refractivity contribution in [1.82, 2.24) is 0 Å². The molecule has 0 fully saturated rings. The SMILES string of the molecule is Nc1ccc(C(=O)c2cc(Br)c(Cl)s2)cc1F. The predicted octanol–water partition coefficient (Wildman–Crippen LogP) is 4.12. The second-order valence-corrected chi connectivity index (χ2v) is 5.81. The molecule has 0 aliphatic heterocycles. The Balaban J connectivity index is 2.40. The minimum Gasteiger partial charge on any atom is -0.396 e. The highest BCUT2D eigenvalue weighted by atomic mass is 79.9. The molecule has 0 atom stereocenters. The normalized spacial score (nSPS) is 10.5. The third-order valence-electron chi connectivity index (χ3n) is 2.13. The molecule has 2 aromatic rings. The maximum Gasteiger partial charge on any atom is 0.203 e. The van der Waals surface area contributed by atoms with Crippen LogP contribution in [-0.4, -0.2) is 5.78 Å². The fourth-order valence-electron chi connectivity index (χ4n) is 1.27. The zero-order valence-electron chi connectivity index (χ0n) is 8.34. The van der Waals surface area contributed by atoms with Crippen LogP contribution in [0, 0.1) is 5.82 Å². The van der Waals surface area contributed by atoms with Crippen LogP contribution in [0.1, 0.15) is 15.2 Å². The number of carbonyl (C=O) groups excluding carboxylic acids is 1. The average Bonchev–Trinajstić information content (AvgIpc) is 2.62. The molecule has 2 nitrogen and oxygen atoms in total. The van der Waals surface area contributed by atoms with Crippen LogP contribution in [0.15, 0.2) is 28.7 Å². The van der Waals surface area contributed by atoms with Gasteiger partial charge in [0, 0.05) is 10.0 Å². The molecule has 2 N–H and O–H groups in total. The van der Waals surface area contributed by atoms with Gasteiger partial charge in [-0.15, -0.1) is 11.3 Å². The fourth-order valence-corrected chi connectivity index (χ4v) is 2.93. The van der Waals surface area contributed by atoms with E-state index < -0.39 is 5.82 Å². The first-order chi connectivity index (χ1) is 7.99. The lowest BCUT2D eigenvalue weighted by Crippen LogP contribution is -2.00. The average molecular weight is 335 g/mol. The summed E-state index contributed by atoms with van der Waals surface area (Å²) >= 11 is 10.2. The van der Waals surface area contributed by atoms with Gasteiger partial charge in [0.25, 0.3) is 0 Å². The van der Waals surface area contributed by atoms with E-state index in [-0.39, 0.29) is 17.0 Å². The maximum atomic E-state index is 13.2. The van der Waals surface area contributed by atoms with Crippen molar-refractivity contribution in [3.63, 3.8) is 0 Å². The van der Waals surface area contributed by atoms with Crippen molar-refractivity contribution in [2.24, 2.45) is 0 Å². The van der Waals surface area contributed by atoms with E-state index in [1.807, 2.05) is 0 Å². The highest BCUT2D eigenvalue weighted by Gasteiger charge is 2.15. The second-order valence-electron chi connectivity index (χ2n) is 3.30. The van der Waals surface area contributed by atoms with Crippen LogP contribution in [0.3, 0.4) is 0 Å². The maximum absolute atomic E-state index is 13.2. The van der Waals surface area contributed by atoms with Gasteiger partial charge in [0.05, 0.1) is 10.6 Å². The van der Waals surface area contributed by atoms with Crippen molar-refractivity contribution < 1.29 is 9.18 Å². The van der Waals surface area contributed by atoms with Gasteiger partial charge in [0.2, 0.25) is 5.78 Å². The summed E-state index contributed by atoms with van der Waals surface area (Å²) in [5.41, 5.74) is 5.62. The van der Waals surface area contributed by atoms with E-state index in [0.29, 0.717) is 13.7 Å². The lowest BCUT2D eigenvalue weighted by atomic mass is 10.1. The number of halogens is 3. The Hall–Kier alpha value is -0.910. The van der Waals surface area contributed by atoms with Crippen molar-refractivity contribution in [2.45, 2.75) is 0 Å². The van der Waals surface area contributed by atoms with Crippen LogP contribution in [0.2, 0.25) is 4.34 Å². The van der Waals surface area contributed by atoms with Crippen molar-refractivity contribution >= 4 is 50.3 Å². The van der Waals surface area contributed by atoms with E-state index >= 15 is 0 Å². The van der Waals surface area contributed by atoms with Crippen LogP contribution < -0.4 is 5.73 Å². The standard InChI is InChI=1S/C11H6BrClFNOS/c12-6-4-9(17-11(6)13)10(16)5-1-2-8(15)7(14)3-5/h1-4H,15H2. The molecule has 1 aromatic carbocycles. The highest BCUT2D eigenvalue weighted by molar-refractivity contribution is 9.10. The van der Waals surface area contributed by atoms with Gasteiger partial charge in [-0.1, -0.05) is 11.6 Å². The van der Waals surface area contributed by atoms with E-state index in [0.717, 1.165) is 17.4 Å². The number of hydrogen-bond acceptors (Lipinski definition) is 3. The van der Waals surface area contributed by atoms with E-state index in [4.69, 9.17) is 17.3 Å². The molecular weight excluding hydrogens is 329 g/mol. The summed E-state index contributed by atoms with van der Waals surface area (Å²) in [5.74, 6) is -0.876. The molecule has 1 aromatic heterocycles. The van der Waals surface area contributed by atoms with Gasteiger partial charge in [0.15, 0.2) is 0 Å². The zero-order valence-corrected chi connectivity index (χ0v) is 11.5. The summed E-state index contributed by atoms with van der Waals surface area (Å²) < 4.78 is 14.4. The van der Waals surface area contributed by atoms with Crippen LogP contribution in [0.4, 0.5) is 10.1 Å². The molecule has 0 aliphatic rings. The first-order valence-electron chi connectivity index (χ1n) is 4.53. The smallest absolute Gasteiger partial charge is 0.203 e. The Bertz CT molecular complexity index is 580. The monoisotopic (exact) mass is 333 g/mol. The number of hydrogen-bond donors (Lipinski definition) is 1. The molecule has 0 saturated heterocycles. The summed E-state index contributed by atoms with van der Waals surface area (Å²) in [6, 6.07) is 5.60. The van der Waals surface area contributed by atoms with Gasteiger partial charge in [-0.3, -0.25) is 4.79 Å². The Morgan fingerprint density at radius 3 is 2.65 bits per heavy atom. The first-order valence-corrected chi connectivity index (χ1v) is 6.52. The van der Waals surface area contributed by atoms with Gasteiger partial charge < -0.3 is 5.73 Å². The van der Waals surface area contributed by atoms with Gasteiger partial charge in [-0.25, -0.2) is 4.39 Å². The lowest BCUT2D eigenvalue weighted by Gasteiger charge is -2.00. The first kappa shape index (κ1) is 12.5. The molecule has 17 heavy (non-hydrogen) atoms. The number of nitrogen functional groups attached to an aromatic ring is 1. The molecule has 1 heterocycles. The molecule has 0 saturated carbocycles. The van der Waals surface area contributed by atoms with Crippen molar-refractivity contribution in [1.29, 1.82) is 0 Å². The number of benzene rings is 1. The third kappa shape index (κ3) is 2.51. The summed E-state index contributed by atoms with van der Waals surface area (Å²) in [5, 5.41) is 0. The number of anilines is 1. The Morgan fingerprint density at radius 1 is 1.41 bits per heavy atom. The van der Waals surface area contributed by atoms with Crippen LogP contribution in [-0.2, 0) is 0 Å². The largest absolute Gasteiger partial charge is 0.396 e. The van der Waals surface area contributed by atoms with Gasteiger partial charge in [-0.2, -0.15) is 0 Å². The summed E-state index contributed by atoms with van der Waals surface area (Å²) in [6.45, 7) is 0. The van der Waals surface area contributed by atoms with Crippen LogP contribution in [0.5, 0.6) is 0 Å². The molecular formula is C11H6BrClFNOS. The Kier molecular flexibility index (Phi) is 3.51. The third-order valence-corrected chi connectivity index (χ3v) is 4.61. The minimum atomic E-state index is -0.599. The van der Waals surface area contributed by atoms with E-state index in [9.17, 15) is 9.18 Å². The fraction of sp³-hybridized carbons (Fsp3) is 0. The summed E-state index contributed by atoms with van der Waals surface area (Å²) in [7, 11) is 0. The van der Waals surface area contributed by atoms with E-state index in [1.54, 1.807) is 6.07 Å². The summed E-state index contributed by atoms with van der Waals surface area (Å²) in [4.78, 5) is 12.4. The van der Waals surface area contributed by atoms with Crippen molar-refractivity contribution in [3.05, 3.63) is 49.3 Å². The lowest BCUT2D eigenvalue weighted by molar-refractivity contribution is 0.104. The van der Waals surface area contributed by atoms with E-state index in [2.05, 4.69) is 15.9 Å². The Labute approximate surface area is 114 Å². The number of nitrogens with two attached hydrogens (primary N) is 1. The Morgan fingerprint density at radius 2 is 2.12 bits per heavy atom. The number of carbonyl (C=O) groups is 1. The molecule has 88 valence electrons. The highest BCUT2D eigenvalue weighted by Crippen LogP contribution is 2.33. The number of thiophene rings is 1. The van der Waals surface area contributed by atoms with Gasteiger partial charge in [-0.05, 0) is 40.2 Å². The van der Waals surface area contributed by atoms with Crippen LogP contribution >= 0.6 is 38.9 Å². The molecule has 2 rings (SSSR count). The molecule has 0 bridgehead atoms. The second kappa shape index (κ2) is 4.76. The topological polar surface area (TPSA) is 43.1 Å².